The molecule has 1 aliphatic heterocycles. The number of piperazine rings is 1. The van der Waals surface area contributed by atoms with Crippen molar-refractivity contribution in [1.29, 1.82) is 0 Å². The Balaban J connectivity index is 1.49. The number of hydrogen-bond donors (Lipinski definition) is 0. The summed E-state index contributed by atoms with van der Waals surface area (Å²) < 4.78 is 6.90. The number of rotatable bonds is 4. The highest BCUT2D eigenvalue weighted by Gasteiger charge is 2.25. The lowest BCUT2D eigenvalue weighted by molar-refractivity contribution is 0.0737. The fourth-order valence-corrected chi connectivity index (χ4v) is 3.76. The number of aryl methyl sites for hydroxylation is 1. The van der Waals surface area contributed by atoms with Crippen molar-refractivity contribution in [3.05, 3.63) is 71.0 Å². The van der Waals surface area contributed by atoms with E-state index in [1.165, 1.54) is 0 Å². The Morgan fingerprint density at radius 2 is 1.72 bits per heavy atom. The average Bonchev–Trinajstić information content (AvgIpc) is 3.15. The van der Waals surface area contributed by atoms with E-state index < -0.39 is 0 Å². The monoisotopic (exact) mass is 410 g/mol. The summed E-state index contributed by atoms with van der Waals surface area (Å²) in [4.78, 5) is 17.4. The quantitative estimate of drug-likeness (QED) is 0.656. The zero-order valence-electron chi connectivity index (χ0n) is 16.5. The highest BCUT2D eigenvalue weighted by Crippen LogP contribution is 2.22. The van der Waals surface area contributed by atoms with Crippen molar-refractivity contribution >= 4 is 23.2 Å². The molecule has 1 fully saturated rings. The maximum absolute atomic E-state index is 13.2. The van der Waals surface area contributed by atoms with Gasteiger partial charge in [-0.25, -0.2) is 4.68 Å². The van der Waals surface area contributed by atoms with E-state index in [4.69, 9.17) is 16.3 Å². The predicted molar refractivity (Wildman–Crippen MR) is 114 cm³/mol. The first kappa shape index (κ1) is 19.3. The van der Waals surface area contributed by atoms with Gasteiger partial charge in [0.1, 0.15) is 11.4 Å². The van der Waals surface area contributed by atoms with Crippen molar-refractivity contribution in [1.82, 2.24) is 14.7 Å². The Bertz CT molecular complexity index is 1010. The van der Waals surface area contributed by atoms with Crippen molar-refractivity contribution in [2.75, 3.05) is 38.2 Å². The number of carbonyl (C=O) groups excluding carboxylic acids is 1. The van der Waals surface area contributed by atoms with Gasteiger partial charge in [-0.15, -0.1) is 0 Å². The molecule has 1 aliphatic rings. The van der Waals surface area contributed by atoms with Gasteiger partial charge in [0.2, 0.25) is 0 Å². The third kappa shape index (κ3) is 4.07. The molecule has 29 heavy (non-hydrogen) atoms. The largest absolute Gasteiger partial charge is 0.497 e. The smallest absolute Gasteiger partial charge is 0.272 e. The summed E-state index contributed by atoms with van der Waals surface area (Å²) in [7, 11) is 1.66. The molecule has 6 nitrogen and oxygen atoms in total. The lowest BCUT2D eigenvalue weighted by Crippen LogP contribution is -2.49. The second kappa shape index (κ2) is 8.17. The molecule has 4 rings (SSSR count). The predicted octanol–water partition coefficient (Wildman–Crippen LogP) is 3.81. The molecule has 7 heteroatoms. The van der Waals surface area contributed by atoms with E-state index in [2.05, 4.69) is 10.00 Å². The van der Waals surface area contributed by atoms with Gasteiger partial charge in [-0.1, -0.05) is 17.7 Å². The van der Waals surface area contributed by atoms with Crippen LogP contribution in [0.4, 0.5) is 5.69 Å². The minimum atomic E-state index is -0.0139. The van der Waals surface area contributed by atoms with Gasteiger partial charge in [-0.3, -0.25) is 4.79 Å². The summed E-state index contributed by atoms with van der Waals surface area (Å²) in [5.74, 6) is 0.826. The summed E-state index contributed by atoms with van der Waals surface area (Å²) in [6.45, 7) is 4.76. The molecule has 0 bridgehead atoms. The van der Waals surface area contributed by atoms with E-state index in [1.54, 1.807) is 17.9 Å². The number of anilines is 1. The van der Waals surface area contributed by atoms with Crippen molar-refractivity contribution in [2.45, 2.75) is 6.92 Å². The summed E-state index contributed by atoms with van der Waals surface area (Å²) in [5, 5.41) is 5.12. The van der Waals surface area contributed by atoms with Crippen LogP contribution in [0.5, 0.6) is 5.75 Å². The Morgan fingerprint density at radius 1 is 1.00 bits per heavy atom. The average molecular weight is 411 g/mol. The molecule has 1 amide bonds. The molecule has 0 saturated carbocycles. The van der Waals surface area contributed by atoms with Gasteiger partial charge in [0, 0.05) is 36.9 Å². The zero-order valence-corrected chi connectivity index (χ0v) is 17.3. The van der Waals surface area contributed by atoms with E-state index in [0.29, 0.717) is 23.8 Å². The molecule has 0 unspecified atom stereocenters. The second-order valence-electron chi connectivity index (χ2n) is 7.04. The molecular weight excluding hydrogens is 388 g/mol. The number of benzene rings is 2. The SMILES string of the molecule is COc1ccc(N2CCN(C(=O)c3cc(C)nn3-c3cccc(Cl)c3)CC2)cc1. The summed E-state index contributed by atoms with van der Waals surface area (Å²) >= 11 is 6.13. The van der Waals surface area contributed by atoms with E-state index in [1.807, 2.05) is 60.4 Å². The van der Waals surface area contributed by atoms with Gasteiger partial charge in [0.25, 0.3) is 5.91 Å². The minimum absolute atomic E-state index is 0.0139. The topological polar surface area (TPSA) is 50.6 Å². The number of nitrogens with zero attached hydrogens (tertiary/aromatic N) is 4. The van der Waals surface area contributed by atoms with Crippen molar-refractivity contribution in [3.63, 3.8) is 0 Å². The first-order chi connectivity index (χ1) is 14.0. The molecule has 1 saturated heterocycles. The number of halogens is 1. The Labute approximate surface area is 175 Å². The van der Waals surface area contributed by atoms with Crippen LogP contribution in [0.2, 0.25) is 5.02 Å². The van der Waals surface area contributed by atoms with E-state index in [0.717, 1.165) is 35.9 Å². The van der Waals surface area contributed by atoms with E-state index >= 15 is 0 Å². The van der Waals surface area contributed by atoms with E-state index in [9.17, 15) is 4.79 Å². The third-order valence-corrected chi connectivity index (χ3v) is 5.34. The molecule has 0 spiro atoms. The molecule has 1 aromatic heterocycles. The molecule has 0 aliphatic carbocycles. The van der Waals surface area contributed by atoms with Gasteiger partial charge in [-0.2, -0.15) is 5.10 Å². The second-order valence-corrected chi connectivity index (χ2v) is 7.48. The highest BCUT2D eigenvalue weighted by molar-refractivity contribution is 6.30. The Morgan fingerprint density at radius 3 is 2.38 bits per heavy atom. The van der Waals surface area contributed by atoms with Gasteiger partial charge >= 0.3 is 0 Å². The standard InChI is InChI=1S/C22H23ClN4O2/c1-16-14-21(27(24-16)19-5-3-4-17(23)15-19)22(28)26-12-10-25(11-13-26)18-6-8-20(29-2)9-7-18/h3-9,14-15H,10-13H2,1-2H3. The highest BCUT2D eigenvalue weighted by atomic mass is 35.5. The minimum Gasteiger partial charge on any atom is -0.497 e. The lowest BCUT2D eigenvalue weighted by Gasteiger charge is -2.36. The van der Waals surface area contributed by atoms with Gasteiger partial charge in [0.05, 0.1) is 18.5 Å². The first-order valence-electron chi connectivity index (χ1n) is 9.56. The third-order valence-electron chi connectivity index (χ3n) is 5.11. The summed E-state index contributed by atoms with van der Waals surface area (Å²) in [5.41, 5.74) is 3.27. The van der Waals surface area contributed by atoms with Crippen LogP contribution in [-0.2, 0) is 0 Å². The normalized spacial score (nSPS) is 14.2. The van der Waals surface area contributed by atoms with Crippen LogP contribution in [0.25, 0.3) is 5.69 Å². The van der Waals surface area contributed by atoms with Gasteiger partial charge in [0.15, 0.2) is 0 Å². The van der Waals surface area contributed by atoms with Crippen LogP contribution in [0.1, 0.15) is 16.2 Å². The zero-order chi connectivity index (χ0) is 20.4. The first-order valence-corrected chi connectivity index (χ1v) is 9.94. The molecule has 2 aromatic carbocycles. The summed E-state index contributed by atoms with van der Waals surface area (Å²) in [6, 6.07) is 17.2. The number of methoxy groups -OCH3 is 1. The number of ether oxygens (including phenoxy) is 1. The van der Waals surface area contributed by atoms with Crippen LogP contribution >= 0.6 is 11.6 Å². The number of aromatic nitrogens is 2. The van der Waals surface area contributed by atoms with Gasteiger partial charge in [-0.05, 0) is 55.5 Å². The van der Waals surface area contributed by atoms with Crippen LogP contribution in [0.15, 0.2) is 54.6 Å². The molecule has 2 heterocycles. The molecule has 0 N–H and O–H groups in total. The van der Waals surface area contributed by atoms with Crippen molar-refractivity contribution in [2.24, 2.45) is 0 Å². The van der Waals surface area contributed by atoms with Crippen LogP contribution < -0.4 is 9.64 Å². The fourth-order valence-electron chi connectivity index (χ4n) is 3.58. The fraction of sp³-hybridized carbons (Fsp3) is 0.273. The van der Waals surface area contributed by atoms with Gasteiger partial charge < -0.3 is 14.5 Å². The Hall–Kier alpha value is -2.99. The molecule has 3 aromatic rings. The van der Waals surface area contributed by atoms with Crippen LogP contribution in [0.3, 0.4) is 0 Å². The maximum atomic E-state index is 13.2. The number of amides is 1. The van der Waals surface area contributed by atoms with Crippen molar-refractivity contribution in [3.8, 4) is 11.4 Å². The molecule has 0 radical (unpaired) electrons. The Kier molecular flexibility index (Phi) is 5.45. The lowest BCUT2D eigenvalue weighted by atomic mass is 10.2. The van der Waals surface area contributed by atoms with Crippen LogP contribution in [0, 0.1) is 6.92 Å². The van der Waals surface area contributed by atoms with E-state index in [-0.39, 0.29) is 5.91 Å². The van der Waals surface area contributed by atoms with Crippen LogP contribution in [-0.4, -0.2) is 53.9 Å². The van der Waals surface area contributed by atoms with Crippen molar-refractivity contribution < 1.29 is 9.53 Å². The molecule has 0 atom stereocenters. The number of carbonyl (C=O) groups is 1. The molecule has 150 valence electrons. The summed E-state index contributed by atoms with van der Waals surface area (Å²) in [6.07, 6.45) is 0. The number of hydrogen-bond acceptors (Lipinski definition) is 4. The molecular formula is C22H23ClN4O2. The maximum Gasteiger partial charge on any atom is 0.272 e.